The molecule has 28 rings (SSSR count). The Morgan fingerprint density at radius 3 is 0.636 bits per heavy atom. The number of benzene rings is 20. The van der Waals surface area contributed by atoms with Crippen LogP contribution in [0.25, 0.3) is 260 Å². The minimum atomic E-state index is 0.675. The summed E-state index contributed by atoms with van der Waals surface area (Å²) in [5.74, 6) is 8.12. The smallest absolute Gasteiger partial charge is 0.164 e. The van der Waals surface area contributed by atoms with Gasteiger partial charge in [-0.15, -0.1) is 45.3 Å². The molecule has 12 nitrogen and oxygen atoms in total. The predicted molar refractivity (Wildman–Crippen MR) is 586 cm³/mol. The summed E-state index contributed by atoms with van der Waals surface area (Å²) in [6.45, 7) is 0. The lowest BCUT2D eigenvalue weighted by molar-refractivity contribution is 1.07. The van der Waals surface area contributed by atoms with Crippen molar-refractivity contribution in [2.75, 3.05) is 0 Å². The maximum absolute atomic E-state index is 4.96. The van der Waals surface area contributed by atoms with E-state index in [1.54, 1.807) is 0 Å². The molecule has 28 aromatic rings. The molecule has 0 spiro atoms. The third kappa shape index (κ3) is 16.7. The summed E-state index contributed by atoms with van der Waals surface area (Å²) < 4.78 is 10.4. The van der Waals surface area contributed by atoms with Gasteiger partial charge in [0.25, 0.3) is 0 Å². The Labute approximate surface area is 820 Å². The van der Waals surface area contributed by atoms with Gasteiger partial charge in [-0.05, 0) is 128 Å². The highest BCUT2D eigenvalue weighted by molar-refractivity contribution is 7.27. The largest absolute Gasteiger partial charge is 0.208 e. The van der Waals surface area contributed by atoms with Crippen LogP contribution in [0.3, 0.4) is 0 Å². The van der Waals surface area contributed by atoms with Gasteiger partial charge in [0.2, 0.25) is 0 Å². The Morgan fingerprint density at radius 2 is 0.321 bits per heavy atom. The zero-order valence-corrected chi connectivity index (χ0v) is 78.1. The molecule has 0 unspecified atom stereocenters. The number of hydrogen-bond acceptors (Lipinski definition) is 16. The molecule has 0 aliphatic heterocycles. The molecule has 16 heteroatoms. The minimum absolute atomic E-state index is 0.675. The van der Waals surface area contributed by atoms with E-state index in [9.17, 15) is 0 Å². The predicted octanol–water partition coefficient (Wildman–Crippen LogP) is 33.6. The Balaban J connectivity index is 0.0000000985. The molecule has 0 aliphatic rings. The third-order valence-electron chi connectivity index (χ3n) is 25.2. The number of thiophene rings is 4. The maximum Gasteiger partial charge on any atom is 0.164 e. The molecule has 0 saturated carbocycles. The molecule has 8 heterocycles. The summed E-state index contributed by atoms with van der Waals surface area (Å²) in [6.07, 6.45) is 0. The topological polar surface area (TPSA) is 155 Å². The van der Waals surface area contributed by atoms with Gasteiger partial charge in [-0.2, -0.15) is 0 Å². The van der Waals surface area contributed by atoms with Crippen LogP contribution in [0.4, 0.5) is 0 Å². The fraction of sp³-hybridized carbons (Fsp3) is 0. The molecule has 0 saturated heterocycles. The first-order valence-electron chi connectivity index (χ1n) is 46.2. The molecule has 656 valence electrons. The minimum Gasteiger partial charge on any atom is -0.208 e. The average molecular weight is 1860 g/mol. The van der Waals surface area contributed by atoms with Gasteiger partial charge in [-0.1, -0.05) is 376 Å². The van der Waals surface area contributed by atoms with Gasteiger partial charge < -0.3 is 0 Å². The molecule has 0 N–H and O–H groups in total. The van der Waals surface area contributed by atoms with Crippen molar-refractivity contribution in [1.29, 1.82) is 0 Å². The van der Waals surface area contributed by atoms with E-state index in [0.717, 1.165) is 77.5 Å². The van der Waals surface area contributed by atoms with Gasteiger partial charge in [0, 0.05) is 147 Å². The van der Waals surface area contributed by atoms with E-state index >= 15 is 0 Å². The van der Waals surface area contributed by atoms with Crippen LogP contribution in [0, 0.1) is 0 Å². The second-order valence-corrected chi connectivity index (χ2v) is 38.5. The van der Waals surface area contributed by atoms with Gasteiger partial charge in [-0.3, -0.25) is 0 Å². The highest BCUT2D eigenvalue weighted by Gasteiger charge is 2.22. The second-order valence-electron chi connectivity index (χ2n) is 34.1. The maximum atomic E-state index is 4.96. The summed E-state index contributed by atoms with van der Waals surface area (Å²) in [7, 11) is 0. The van der Waals surface area contributed by atoms with Crippen molar-refractivity contribution >= 4 is 169 Å². The van der Waals surface area contributed by atoms with Crippen molar-refractivity contribution in [1.82, 2.24) is 59.8 Å². The highest BCUT2D eigenvalue weighted by atomic mass is 32.1. The summed E-state index contributed by atoms with van der Waals surface area (Å²) >= 11 is 7.34. The monoisotopic (exact) mass is 1860 g/mol. The number of hydrogen-bond donors (Lipinski definition) is 0. The second kappa shape index (κ2) is 36.9. The van der Waals surface area contributed by atoms with Crippen molar-refractivity contribution in [3.8, 4) is 137 Å². The molecule has 8 aromatic heterocycles. The van der Waals surface area contributed by atoms with Crippen molar-refractivity contribution in [2.45, 2.75) is 0 Å². The van der Waals surface area contributed by atoms with E-state index in [2.05, 4.69) is 218 Å². The van der Waals surface area contributed by atoms with Crippen LogP contribution in [0.15, 0.2) is 461 Å². The third-order valence-corrected chi connectivity index (χ3v) is 29.8. The van der Waals surface area contributed by atoms with Crippen LogP contribution in [0.5, 0.6) is 0 Å². The van der Waals surface area contributed by atoms with Crippen LogP contribution >= 0.6 is 45.3 Å². The van der Waals surface area contributed by atoms with Crippen molar-refractivity contribution in [2.24, 2.45) is 0 Å². The van der Waals surface area contributed by atoms with Crippen LogP contribution in [0.2, 0.25) is 0 Å². The molecule has 0 radical (unpaired) electrons. The molecule has 0 atom stereocenters. The van der Waals surface area contributed by atoms with Crippen LogP contribution in [-0.2, 0) is 0 Å². The van der Waals surface area contributed by atoms with Crippen molar-refractivity contribution in [3.05, 3.63) is 461 Å². The quantitative estimate of drug-likeness (QED) is 0.114. The standard InChI is InChI=1S/4C31H19N3S/c1-3-10-20(11-4-1)29-32-30(21-12-5-2-6-13-21)34-31(33-29)24-16-9-14-22-18-28-26(19-25(22)24)23-15-7-8-17-27(23)35-28;1-3-10-20(11-4-1)29-32-30(21-12-5-2-6-13-21)34-31(33-29)24-16-9-14-22-18-26-23-15-7-8-17-27(23)35-28(26)19-25(22)24;1-3-9-20(10-4-1)29-32-30(21-11-5-2-6-12-21)34-31(33-29)23-16-15-22-19-28-26(18-24(22)17-23)25-13-7-8-14-27(25)35-28;1-3-9-20(10-4-1)29-32-30(21-11-5-2-6-12-21)34-31(33-29)23-16-15-22-18-26-25-13-7-8-14-27(25)35-28(26)19-24(22)17-23/h4*1-19H. The number of rotatable bonds is 12. The Bertz CT molecular complexity index is 9290. The fourth-order valence-electron chi connectivity index (χ4n) is 18.3. The van der Waals surface area contributed by atoms with E-state index in [0.29, 0.717) is 69.9 Å². The molecule has 0 fully saturated rings. The lowest BCUT2D eigenvalue weighted by atomic mass is 10.0. The van der Waals surface area contributed by atoms with Crippen molar-refractivity contribution < 1.29 is 0 Å². The summed E-state index contributed by atoms with van der Waals surface area (Å²) in [5, 5.41) is 19.8. The first-order valence-corrected chi connectivity index (χ1v) is 49.4. The Morgan fingerprint density at radius 1 is 0.107 bits per heavy atom. The molecule has 140 heavy (non-hydrogen) atoms. The van der Waals surface area contributed by atoms with Gasteiger partial charge >= 0.3 is 0 Å². The molecular weight excluding hydrogens is 1790 g/mol. The highest BCUT2D eigenvalue weighted by Crippen LogP contribution is 2.45. The summed E-state index contributed by atoms with van der Waals surface area (Å²) in [5.41, 5.74) is 11.8. The van der Waals surface area contributed by atoms with Gasteiger partial charge in [0.05, 0.1) is 0 Å². The van der Waals surface area contributed by atoms with E-state index in [1.807, 2.05) is 288 Å². The number of fused-ring (bicyclic) bond motifs is 16. The molecular formula is C124H76N12S4. The van der Waals surface area contributed by atoms with Gasteiger partial charge in [0.1, 0.15) is 0 Å². The van der Waals surface area contributed by atoms with E-state index < -0.39 is 0 Å². The van der Waals surface area contributed by atoms with Crippen LogP contribution in [0.1, 0.15) is 0 Å². The van der Waals surface area contributed by atoms with E-state index in [1.165, 1.54) is 113 Å². The zero-order valence-electron chi connectivity index (χ0n) is 74.9. The lowest BCUT2D eigenvalue weighted by Crippen LogP contribution is -2.00. The number of nitrogens with zero attached hydrogens (tertiary/aromatic N) is 12. The van der Waals surface area contributed by atoms with Crippen molar-refractivity contribution in [3.63, 3.8) is 0 Å². The van der Waals surface area contributed by atoms with Crippen LogP contribution in [-0.4, -0.2) is 59.8 Å². The average Bonchev–Trinajstić information content (AvgIpc) is 1.56. The van der Waals surface area contributed by atoms with E-state index in [-0.39, 0.29) is 0 Å². The molecule has 0 bridgehead atoms. The zero-order chi connectivity index (χ0) is 92.8. The van der Waals surface area contributed by atoms with E-state index in [4.69, 9.17) is 59.8 Å². The van der Waals surface area contributed by atoms with Gasteiger partial charge in [0.15, 0.2) is 69.9 Å². The fourth-order valence-corrected chi connectivity index (χ4v) is 22.9. The lowest BCUT2D eigenvalue weighted by Gasteiger charge is -2.10. The Kier molecular flexibility index (Phi) is 22.2. The first-order chi connectivity index (χ1) is 69.3. The summed E-state index contributed by atoms with van der Waals surface area (Å²) in [4.78, 5) is 58.7. The number of aromatic nitrogens is 12. The Hall–Kier alpha value is -17.6. The first kappa shape index (κ1) is 84.1. The normalized spacial score (nSPS) is 11.4. The molecule has 0 amide bonds. The molecule has 0 aliphatic carbocycles. The van der Waals surface area contributed by atoms with Gasteiger partial charge in [-0.25, -0.2) is 59.8 Å². The molecule has 20 aromatic carbocycles. The summed E-state index contributed by atoms with van der Waals surface area (Å²) in [6, 6.07) is 159. The van der Waals surface area contributed by atoms with Crippen LogP contribution < -0.4 is 0 Å². The SMILES string of the molecule is c1ccc(-c2nc(-c3ccccc3)nc(-c3ccc4cc5c(cc4c3)sc3ccccc35)n2)cc1.c1ccc(-c2nc(-c3ccccc3)nc(-c3ccc4cc5sc6ccccc6c5cc4c3)n2)cc1.c1ccc(-c2nc(-c3ccccc3)nc(-c3cccc4cc5c(cc34)sc3ccccc35)n2)cc1.c1ccc(-c2nc(-c3ccccc3)nc(-c3cccc4cc5sc6ccccc6c5cc34)n2)cc1.